The van der Waals surface area contributed by atoms with Gasteiger partial charge in [0.2, 0.25) is 0 Å². The van der Waals surface area contributed by atoms with Crippen LogP contribution in [0, 0.1) is 0 Å². The molecule has 0 spiro atoms. The van der Waals surface area contributed by atoms with Crippen molar-refractivity contribution in [2.24, 2.45) is 0 Å². The van der Waals surface area contributed by atoms with Crippen molar-refractivity contribution in [3.63, 3.8) is 0 Å². The third-order valence-electron chi connectivity index (χ3n) is 1.97. The van der Waals surface area contributed by atoms with Gasteiger partial charge in [-0.1, -0.05) is 0 Å². The Morgan fingerprint density at radius 1 is 1.54 bits per heavy atom. The topological polar surface area (TPSA) is 21.7 Å². The van der Waals surface area contributed by atoms with E-state index in [1.807, 2.05) is 6.26 Å². The third-order valence-corrected chi connectivity index (χ3v) is 3.29. The van der Waals surface area contributed by atoms with Crippen molar-refractivity contribution in [1.29, 1.82) is 0 Å². The number of morpholine rings is 1. The summed E-state index contributed by atoms with van der Waals surface area (Å²) in [4.78, 5) is 2.35. The van der Waals surface area contributed by atoms with Crippen LogP contribution >= 0.6 is 24.4 Å². The fourth-order valence-electron chi connectivity index (χ4n) is 1.18. The van der Waals surface area contributed by atoms with E-state index in [-0.39, 0.29) is 4.77 Å². The van der Waals surface area contributed by atoms with Crippen molar-refractivity contribution in [1.82, 2.24) is 4.90 Å². The van der Waals surface area contributed by atoms with Gasteiger partial charge in [-0.15, -0.1) is 24.4 Å². The van der Waals surface area contributed by atoms with E-state index < -0.39 is 0 Å². The molecule has 1 atom stereocenters. The molecule has 13 heavy (non-hydrogen) atoms. The van der Waals surface area contributed by atoms with Gasteiger partial charge >= 0.3 is 0 Å². The van der Waals surface area contributed by atoms with Crippen molar-refractivity contribution in [3.05, 3.63) is 0 Å². The Bertz CT molecular complexity index is 131. The molecule has 1 fully saturated rings. The summed E-state index contributed by atoms with van der Waals surface area (Å²) in [6.07, 6.45) is 1.99. The van der Waals surface area contributed by atoms with Gasteiger partial charge in [-0.3, -0.25) is 4.90 Å². The normalized spacial score (nSPS) is 21.7. The molecule has 1 saturated heterocycles. The fourth-order valence-corrected chi connectivity index (χ4v) is 1.51. The maximum absolute atomic E-state index is 5.44. The van der Waals surface area contributed by atoms with Crippen LogP contribution in [0.2, 0.25) is 0 Å². The number of ether oxygens (including phenoxy) is 2. The molecule has 1 aliphatic rings. The SMILES string of the molecule is CSC(S)OCCN1CCOCC1. The first kappa shape index (κ1) is 11.7. The molecule has 0 bridgehead atoms. The number of thioether (sulfide) groups is 1. The van der Waals surface area contributed by atoms with Gasteiger partial charge < -0.3 is 9.47 Å². The molecule has 0 amide bonds. The Morgan fingerprint density at radius 2 is 2.23 bits per heavy atom. The van der Waals surface area contributed by atoms with Gasteiger partial charge in [0.15, 0.2) is 0 Å². The summed E-state index contributed by atoms with van der Waals surface area (Å²) in [6.45, 7) is 5.51. The van der Waals surface area contributed by atoms with E-state index in [4.69, 9.17) is 9.47 Å². The molecule has 0 radical (unpaired) electrons. The Balaban J connectivity index is 1.98. The van der Waals surface area contributed by atoms with E-state index in [2.05, 4.69) is 17.5 Å². The highest BCUT2D eigenvalue weighted by molar-refractivity contribution is 8.09. The third kappa shape index (κ3) is 5.12. The Kier molecular flexibility index (Phi) is 6.23. The van der Waals surface area contributed by atoms with Crippen LogP contribution in [0.5, 0.6) is 0 Å². The van der Waals surface area contributed by atoms with Crippen LogP contribution in [0.3, 0.4) is 0 Å². The summed E-state index contributed by atoms with van der Waals surface area (Å²) in [7, 11) is 0. The summed E-state index contributed by atoms with van der Waals surface area (Å²) in [5, 5.41) is 0. The Hall–Kier alpha value is 0.580. The predicted molar refractivity (Wildman–Crippen MR) is 59.5 cm³/mol. The van der Waals surface area contributed by atoms with Crippen molar-refractivity contribution < 1.29 is 9.47 Å². The molecule has 3 nitrogen and oxygen atoms in total. The molecule has 0 aromatic heterocycles. The molecule has 1 heterocycles. The highest BCUT2D eigenvalue weighted by atomic mass is 32.2. The standard InChI is InChI=1S/C8H17NO2S2/c1-13-8(12)11-7-4-9-2-5-10-6-3-9/h8,12H,2-7H2,1H3. The lowest BCUT2D eigenvalue weighted by Gasteiger charge is -2.26. The second-order valence-corrected chi connectivity index (χ2v) is 4.59. The van der Waals surface area contributed by atoms with Gasteiger partial charge in [-0.05, 0) is 6.26 Å². The number of hydrogen-bond acceptors (Lipinski definition) is 5. The quantitative estimate of drug-likeness (QED) is 0.552. The largest absolute Gasteiger partial charge is 0.379 e. The van der Waals surface area contributed by atoms with Gasteiger partial charge in [0.05, 0.1) is 19.8 Å². The minimum absolute atomic E-state index is 0.0149. The number of rotatable bonds is 5. The zero-order valence-corrected chi connectivity index (χ0v) is 9.65. The maximum Gasteiger partial charge on any atom is 0.146 e. The number of hydrogen-bond donors (Lipinski definition) is 1. The first-order valence-corrected chi connectivity index (χ1v) is 6.26. The fraction of sp³-hybridized carbons (Fsp3) is 1.00. The van der Waals surface area contributed by atoms with Crippen LogP contribution in [0.15, 0.2) is 0 Å². The van der Waals surface area contributed by atoms with E-state index >= 15 is 0 Å². The van der Waals surface area contributed by atoms with Crippen molar-refractivity contribution in [3.8, 4) is 0 Å². The first-order valence-electron chi connectivity index (χ1n) is 4.45. The zero-order valence-electron chi connectivity index (χ0n) is 7.94. The van der Waals surface area contributed by atoms with E-state index in [1.54, 1.807) is 11.8 Å². The smallest absolute Gasteiger partial charge is 0.146 e. The van der Waals surface area contributed by atoms with Crippen LogP contribution in [-0.2, 0) is 9.47 Å². The summed E-state index contributed by atoms with van der Waals surface area (Å²) >= 11 is 5.84. The molecule has 5 heteroatoms. The van der Waals surface area contributed by atoms with Crippen LogP contribution in [0.25, 0.3) is 0 Å². The van der Waals surface area contributed by atoms with Gasteiger partial charge in [-0.25, -0.2) is 0 Å². The van der Waals surface area contributed by atoms with Gasteiger partial charge in [0.1, 0.15) is 4.77 Å². The van der Waals surface area contributed by atoms with Crippen molar-refractivity contribution in [2.75, 3.05) is 45.7 Å². The van der Waals surface area contributed by atoms with Crippen molar-refractivity contribution in [2.45, 2.75) is 4.77 Å². The van der Waals surface area contributed by atoms with Gasteiger partial charge in [0, 0.05) is 19.6 Å². The molecule has 0 aromatic rings. The minimum atomic E-state index is 0.0149. The highest BCUT2D eigenvalue weighted by Crippen LogP contribution is 2.11. The lowest BCUT2D eigenvalue weighted by atomic mass is 10.4. The highest BCUT2D eigenvalue weighted by Gasteiger charge is 2.10. The average Bonchev–Trinajstić information content (AvgIpc) is 2.19. The van der Waals surface area contributed by atoms with E-state index in [1.165, 1.54) is 0 Å². The average molecular weight is 223 g/mol. The molecular formula is C8H17NO2S2. The molecule has 1 rings (SSSR count). The molecule has 0 aliphatic carbocycles. The van der Waals surface area contributed by atoms with Gasteiger partial charge in [-0.2, -0.15) is 0 Å². The zero-order chi connectivity index (χ0) is 9.52. The van der Waals surface area contributed by atoms with Crippen LogP contribution < -0.4 is 0 Å². The summed E-state index contributed by atoms with van der Waals surface area (Å²) in [6, 6.07) is 0. The molecule has 0 aromatic carbocycles. The number of thiol groups is 1. The molecule has 0 N–H and O–H groups in total. The lowest BCUT2D eigenvalue weighted by molar-refractivity contribution is 0.0234. The minimum Gasteiger partial charge on any atom is -0.379 e. The van der Waals surface area contributed by atoms with Crippen molar-refractivity contribution >= 4 is 24.4 Å². The number of nitrogens with zero attached hydrogens (tertiary/aromatic N) is 1. The molecule has 1 aliphatic heterocycles. The second-order valence-electron chi connectivity index (χ2n) is 2.87. The summed E-state index contributed by atoms with van der Waals surface area (Å²) in [5.74, 6) is 0. The van der Waals surface area contributed by atoms with Crippen LogP contribution in [0.4, 0.5) is 0 Å². The van der Waals surface area contributed by atoms with Crippen LogP contribution in [0.1, 0.15) is 0 Å². The van der Waals surface area contributed by atoms with E-state index in [0.29, 0.717) is 0 Å². The lowest BCUT2D eigenvalue weighted by Crippen LogP contribution is -2.38. The summed E-state index contributed by atoms with van der Waals surface area (Å²) in [5.41, 5.74) is 0. The van der Waals surface area contributed by atoms with E-state index in [0.717, 1.165) is 39.5 Å². The van der Waals surface area contributed by atoms with Gasteiger partial charge in [0.25, 0.3) is 0 Å². The Morgan fingerprint density at radius 3 is 2.85 bits per heavy atom. The van der Waals surface area contributed by atoms with Crippen LogP contribution in [-0.4, -0.2) is 55.4 Å². The van der Waals surface area contributed by atoms with E-state index in [9.17, 15) is 0 Å². The summed E-state index contributed by atoms with van der Waals surface area (Å²) < 4.78 is 10.7. The second kappa shape index (κ2) is 6.95. The molecule has 78 valence electrons. The molecular weight excluding hydrogens is 206 g/mol. The first-order chi connectivity index (χ1) is 6.33. The molecule has 1 unspecified atom stereocenters. The molecule has 0 saturated carbocycles. The Labute approximate surface area is 89.6 Å². The maximum atomic E-state index is 5.44. The predicted octanol–water partition coefficient (Wildman–Crippen LogP) is 0.912. The monoisotopic (exact) mass is 223 g/mol.